The van der Waals surface area contributed by atoms with Gasteiger partial charge in [-0.25, -0.2) is 4.79 Å². The zero-order valence-electron chi connectivity index (χ0n) is 17.2. The number of piperidine rings is 1. The largest absolute Gasteiger partial charge is 0.493 e. The van der Waals surface area contributed by atoms with Crippen molar-refractivity contribution >= 4 is 12.0 Å². The van der Waals surface area contributed by atoms with E-state index >= 15 is 0 Å². The fourth-order valence-corrected chi connectivity index (χ4v) is 3.29. The maximum Gasteiger partial charge on any atom is 0.409 e. The first kappa shape index (κ1) is 21.8. The number of benzene rings is 1. The van der Waals surface area contributed by atoms with Gasteiger partial charge in [0.05, 0.1) is 27.4 Å². The molecule has 1 aliphatic rings. The topological polar surface area (TPSA) is 80.3 Å². The molecule has 1 N–H and O–H groups in total. The molecule has 2 rings (SSSR count). The Hall–Kier alpha value is -2.48. The van der Waals surface area contributed by atoms with Crippen LogP contribution in [0.3, 0.4) is 0 Å². The van der Waals surface area contributed by atoms with Crippen molar-refractivity contribution in [3.8, 4) is 11.5 Å². The number of amides is 2. The second kappa shape index (κ2) is 10.8. The van der Waals surface area contributed by atoms with Crippen molar-refractivity contribution in [1.29, 1.82) is 0 Å². The molecular weight excluding hydrogens is 362 g/mol. The number of hydrogen-bond acceptors (Lipinski definition) is 6. The summed E-state index contributed by atoms with van der Waals surface area (Å²) in [5.74, 6) is 1.34. The molecule has 1 fully saturated rings. The molecule has 1 saturated heterocycles. The Morgan fingerprint density at radius 2 is 1.86 bits per heavy atom. The summed E-state index contributed by atoms with van der Waals surface area (Å²) in [6.45, 7) is 4.29. The minimum Gasteiger partial charge on any atom is -0.493 e. The van der Waals surface area contributed by atoms with Gasteiger partial charge in [-0.3, -0.25) is 9.69 Å². The van der Waals surface area contributed by atoms with Crippen molar-refractivity contribution in [3.05, 3.63) is 23.8 Å². The third kappa shape index (κ3) is 6.30. The molecule has 2 amide bonds. The minimum absolute atomic E-state index is 0.0161. The highest BCUT2D eigenvalue weighted by Crippen LogP contribution is 2.27. The number of likely N-dealkylation sites (tertiary alicyclic amines) is 1. The Bertz CT molecular complexity index is 659. The van der Waals surface area contributed by atoms with Gasteiger partial charge in [-0.1, -0.05) is 6.07 Å². The molecule has 1 aromatic carbocycles. The SMILES string of the molecule is CCOC(=O)N1CCC(NC(=O)CN(C)Cc2ccc(OC)c(OC)c2)CC1. The molecule has 0 saturated carbocycles. The summed E-state index contributed by atoms with van der Waals surface area (Å²) >= 11 is 0. The number of nitrogens with zero attached hydrogens (tertiary/aromatic N) is 2. The monoisotopic (exact) mass is 393 g/mol. The van der Waals surface area contributed by atoms with E-state index in [9.17, 15) is 9.59 Å². The van der Waals surface area contributed by atoms with Crippen LogP contribution in [0.2, 0.25) is 0 Å². The Morgan fingerprint density at radius 1 is 1.18 bits per heavy atom. The van der Waals surface area contributed by atoms with Crippen molar-refractivity contribution in [1.82, 2.24) is 15.1 Å². The maximum absolute atomic E-state index is 12.4. The van der Waals surface area contributed by atoms with Gasteiger partial charge >= 0.3 is 6.09 Å². The average Bonchev–Trinajstić information content (AvgIpc) is 2.68. The lowest BCUT2D eigenvalue weighted by Gasteiger charge is -2.32. The molecule has 1 heterocycles. The van der Waals surface area contributed by atoms with E-state index in [-0.39, 0.29) is 18.0 Å². The van der Waals surface area contributed by atoms with Crippen LogP contribution < -0.4 is 14.8 Å². The van der Waals surface area contributed by atoms with Gasteiger partial charge in [0.15, 0.2) is 11.5 Å². The van der Waals surface area contributed by atoms with Crippen molar-refractivity contribution in [2.24, 2.45) is 0 Å². The fraction of sp³-hybridized carbons (Fsp3) is 0.600. The van der Waals surface area contributed by atoms with Crippen LogP contribution in [0, 0.1) is 0 Å². The highest BCUT2D eigenvalue weighted by molar-refractivity contribution is 5.78. The fourth-order valence-electron chi connectivity index (χ4n) is 3.29. The van der Waals surface area contributed by atoms with Crippen LogP contribution >= 0.6 is 0 Å². The van der Waals surface area contributed by atoms with Gasteiger partial charge < -0.3 is 24.4 Å². The molecule has 1 aromatic rings. The summed E-state index contributed by atoms with van der Waals surface area (Å²) in [5.41, 5.74) is 1.04. The average molecular weight is 393 g/mol. The summed E-state index contributed by atoms with van der Waals surface area (Å²) in [7, 11) is 5.11. The van der Waals surface area contributed by atoms with Gasteiger partial charge in [-0.15, -0.1) is 0 Å². The zero-order valence-corrected chi connectivity index (χ0v) is 17.2. The molecular formula is C20H31N3O5. The molecule has 8 nitrogen and oxygen atoms in total. The summed E-state index contributed by atoms with van der Waals surface area (Å²) in [5, 5.41) is 3.06. The van der Waals surface area contributed by atoms with Gasteiger partial charge in [-0.2, -0.15) is 0 Å². The summed E-state index contributed by atoms with van der Waals surface area (Å²) < 4.78 is 15.6. The first-order chi connectivity index (χ1) is 13.5. The van der Waals surface area contributed by atoms with Crippen LogP contribution in [0.15, 0.2) is 18.2 Å². The summed E-state index contributed by atoms with van der Waals surface area (Å²) in [6, 6.07) is 5.83. The number of methoxy groups -OCH3 is 2. The predicted molar refractivity (Wildman–Crippen MR) is 106 cm³/mol. The number of likely N-dealkylation sites (N-methyl/N-ethyl adjacent to an activating group) is 1. The molecule has 0 aromatic heterocycles. The van der Waals surface area contributed by atoms with Crippen LogP contribution in [0.1, 0.15) is 25.3 Å². The van der Waals surface area contributed by atoms with E-state index in [0.29, 0.717) is 44.3 Å². The van der Waals surface area contributed by atoms with Crippen LogP contribution in [0.4, 0.5) is 4.79 Å². The van der Waals surface area contributed by atoms with E-state index in [2.05, 4.69) is 5.32 Å². The number of ether oxygens (including phenoxy) is 3. The van der Waals surface area contributed by atoms with Gasteiger partial charge in [0.1, 0.15) is 0 Å². The number of carbonyl (C=O) groups excluding carboxylic acids is 2. The van der Waals surface area contributed by atoms with Gasteiger partial charge in [-0.05, 0) is 44.5 Å². The number of carbonyl (C=O) groups is 2. The highest BCUT2D eigenvalue weighted by Gasteiger charge is 2.24. The number of nitrogens with one attached hydrogen (secondary N) is 1. The molecule has 0 unspecified atom stereocenters. The van der Waals surface area contributed by atoms with E-state index in [4.69, 9.17) is 14.2 Å². The molecule has 8 heteroatoms. The Morgan fingerprint density at radius 3 is 2.46 bits per heavy atom. The van der Waals surface area contributed by atoms with Crippen LogP contribution in [-0.4, -0.2) is 75.4 Å². The number of rotatable bonds is 8. The second-order valence-electron chi connectivity index (χ2n) is 6.89. The third-order valence-electron chi connectivity index (χ3n) is 4.70. The first-order valence-corrected chi connectivity index (χ1v) is 9.57. The predicted octanol–water partition coefficient (Wildman–Crippen LogP) is 1.87. The lowest BCUT2D eigenvalue weighted by molar-refractivity contribution is -0.123. The quantitative estimate of drug-likeness (QED) is 0.726. The number of hydrogen-bond donors (Lipinski definition) is 1. The Kier molecular flexibility index (Phi) is 8.38. The minimum atomic E-state index is -0.276. The molecule has 0 aliphatic carbocycles. The van der Waals surface area contributed by atoms with Crippen molar-refractivity contribution in [2.45, 2.75) is 32.4 Å². The van der Waals surface area contributed by atoms with E-state index in [1.807, 2.05) is 30.1 Å². The molecule has 0 radical (unpaired) electrons. The van der Waals surface area contributed by atoms with Gasteiger partial charge in [0, 0.05) is 25.7 Å². The van der Waals surface area contributed by atoms with Crippen LogP contribution in [0.25, 0.3) is 0 Å². The summed E-state index contributed by atoms with van der Waals surface area (Å²) in [6.07, 6.45) is 1.20. The maximum atomic E-state index is 12.4. The van der Waals surface area contributed by atoms with E-state index in [1.54, 1.807) is 26.0 Å². The Balaban J connectivity index is 1.76. The molecule has 0 spiro atoms. The van der Waals surface area contributed by atoms with Crippen LogP contribution in [-0.2, 0) is 16.1 Å². The van der Waals surface area contributed by atoms with Crippen LogP contribution in [0.5, 0.6) is 11.5 Å². The smallest absolute Gasteiger partial charge is 0.409 e. The molecule has 156 valence electrons. The zero-order chi connectivity index (χ0) is 20.5. The van der Waals surface area contributed by atoms with Crippen molar-refractivity contribution in [2.75, 3.05) is 47.5 Å². The molecule has 1 aliphatic heterocycles. The standard InChI is InChI=1S/C20H31N3O5/c1-5-28-20(25)23-10-8-16(9-11-23)21-19(24)14-22(2)13-15-6-7-17(26-3)18(12-15)27-4/h6-7,12,16H,5,8-11,13-14H2,1-4H3,(H,21,24). The highest BCUT2D eigenvalue weighted by atomic mass is 16.6. The third-order valence-corrected chi connectivity index (χ3v) is 4.70. The van der Waals surface area contributed by atoms with E-state index < -0.39 is 0 Å². The summed E-state index contributed by atoms with van der Waals surface area (Å²) in [4.78, 5) is 27.7. The van der Waals surface area contributed by atoms with E-state index in [0.717, 1.165) is 18.4 Å². The molecule has 0 bridgehead atoms. The molecule has 28 heavy (non-hydrogen) atoms. The van der Waals surface area contributed by atoms with Crippen molar-refractivity contribution in [3.63, 3.8) is 0 Å². The van der Waals surface area contributed by atoms with Gasteiger partial charge in [0.2, 0.25) is 5.91 Å². The Labute approximate surface area is 166 Å². The lowest BCUT2D eigenvalue weighted by Crippen LogP contribution is -2.48. The molecule has 0 atom stereocenters. The van der Waals surface area contributed by atoms with E-state index in [1.165, 1.54) is 0 Å². The first-order valence-electron chi connectivity index (χ1n) is 9.57. The normalized spacial score (nSPS) is 14.7. The van der Waals surface area contributed by atoms with Crippen molar-refractivity contribution < 1.29 is 23.8 Å². The second-order valence-corrected chi connectivity index (χ2v) is 6.89. The lowest BCUT2D eigenvalue weighted by atomic mass is 10.1. The van der Waals surface area contributed by atoms with Gasteiger partial charge in [0.25, 0.3) is 0 Å².